The zero-order valence-electron chi connectivity index (χ0n) is 27.0. The predicted octanol–water partition coefficient (Wildman–Crippen LogP) is 9.21. The minimum atomic E-state index is -3.45. The maximum absolute atomic E-state index is 15.7. The zero-order valence-corrected chi connectivity index (χ0v) is 28.5. The fourth-order valence-electron chi connectivity index (χ4n) is 5.16. The standard InChI is InChI=1S/C30H33ClF2N2O2S.C4H9N.C2H6/c1-35(2)29(36)28(30(32,33)24-12-8-22(9-13-24)23-10-14-25(31)15-11-23)34-38-27-18-16-26(17-19-27)37-20-21-6-4-3-5-7-21;1-2-4-5-3-1;1-2/h8-19,21,28,34H,3-7,20H2,1-2H3;5H,1-4H2;1-2H3. The lowest BCUT2D eigenvalue weighted by atomic mass is 9.90. The van der Waals surface area contributed by atoms with Gasteiger partial charge in [-0.1, -0.05) is 81.1 Å². The summed E-state index contributed by atoms with van der Waals surface area (Å²) in [5.41, 5.74) is 1.41. The van der Waals surface area contributed by atoms with Gasteiger partial charge >= 0.3 is 0 Å². The minimum Gasteiger partial charge on any atom is -0.493 e. The number of ether oxygens (including phenoxy) is 1. The summed E-state index contributed by atoms with van der Waals surface area (Å²) in [7, 11) is 2.94. The van der Waals surface area contributed by atoms with E-state index in [4.69, 9.17) is 16.3 Å². The fourth-order valence-corrected chi connectivity index (χ4v) is 6.06. The van der Waals surface area contributed by atoms with Gasteiger partial charge in [0.2, 0.25) is 5.91 Å². The van der Waals surface area contributed by atoms with Crippen LogP contribution in [0.4, 0.5) is 8.78 Å². The van der Waals surface area contributed by atoms with Gasteiger partial charge in [-0.15, -0.1) is 0 Å². The number of hydrogen-bond donors (Lipinski definition) is 2. The second kappa shape index (κ2) is 19.1. The van der Waals surface area contributed by atoms with E-state index in [0.717, 1.165) is 28.8 Å². The van der Waals surface area contributed by atoms with Gasteiger partial charge in [0.1, 0.15) is 5.75 Å². The number of likely N-dealkylation sites (N-methyl/N-ethyl adjacent to an activating group) is 1. The van der Waals surface area contributed by atoms with E-state index in [0.29, 0.717) is 22.4 Å². The van der Waals surface area contributed by atoms with Crippen molar-refractivity contribution in [3.05, 3.63) is 83.4 Å². The molecule has 2 aliphatic rings. The molecule has 246 valence electrons. The number of amides is 1. The molecule has 0 radical (unpaired) electrons. The molecule has 1 atom stereocenters. The Morgan fingerprint density at radius 2 is 1.47 bits per heavy atom. The molecule has 1 amide bonds. The Balaban J connectivity index is 0.000000706. The summed E-state index contributed by atoms with van der Waals surface area (Å²) in [6, 6.07) is 18.7. The maximum atomic E-state index is 15.7. The molecule has 1 aliphatic heterocycles. The molecule has 1 heterocycles. The van der Waals surface area contributed by atoms with Crippen LogP contribution < -0.4 is 14.8 Å². The fraction of sp³-hybridized carbons (Fsp3) is 0.472. The lowest BCUT2D eigenvalue weighted by Crippen LogP contribution is -2.50. The van der Waals surface area contributed by atoms with Crippen molar-refractivity contribution in [2.45, 2.75) is 75.7 Å². The first-order valence-corrected chi connectivity index (χ1v) is 17.2. The number of halogens is 3. The first-order valence-electron chi connectivity index (χ1n) is 16.1. The SMILES string of the molecule is C1CCNC1.CC.CN(C)C(=O)C(NSc1ccc(OCC2CCCCC2)cc1)C(F)(F)c1ccc(-c2ccc(Cl)cc2)cc1. The predicted molar refractivity (Wildman–Crippen MR) is 184 cm³/mol. The van der Waals surface area contributed by atoms with Gasteiger partial charge in [0.05, 0.1) is 6.61 Å². The Bertz CT molecular complexity index is 1260. The smallest absolute Gasteiger partial charge is 0.298 e. The van der Waals surface area contributed by atoms with Gasteiger partial charge in [-0.2, -0.15) is 8.78 Å². The number of nitrogens with one attached hydrogen (secondary N) is 2. The number of rotatable bonds is 10. The Morgan fingerprint density at radius 3 is 1.98 bits per heavy atom. The number of carbonyl (C=O) groups excluding carboxylic acids is 1. The number of hydrogen-bond acceptors (Lipinski definition) is 5. The van der Waals surface area contributed by atoms with Gasteiger partial charge in [-0.3, -0.25) is 4.79 Å². The normalized spacial score (nSPS) is 15.6. The molecule has 5 rings (SSSR count). The molecule has 3 aromatic carbocycles. The Kier molecular flexibility index (Phi) is 15.6. The van der Waals surface area contributed by atoms with Gasteiger partial charge < -0.3 is 15.0 Å². The number of carbonyl (C=O) groups is 1. The van der Waals surface area contributed by atoms with E-state index in [2.05, 4.69) is 10.0 Å². The van der Waals surface area contributed by atoms with Crippen molar-refractivity contribution in [1.82, 2.24) is 14.9 Å². The van der Waals surface area contributed by atoms with Crippen molar-refractivity contribution in [2.75, 3.05) is 33.8 Å². The topological polar surface area (TPSA) is 53.6 Å². The molecule has 2 N–H and O–H groups in total. The summed E-state index contributed by atoms with van der Waals surface area (Å²) in [4.78, 5) is 14.7. The summed E-state index contributed by atoms with van der Waals surface area (Å²) in [6.07, 6.45) is 9.02. The second-order valence-corrected chi connectivity index (χ2v) is 12.7. The van der Waals surface area contributed by atoms with Crippen LogP contribution in [0.5, 0.6) is 5.75 Å². The quantitative estimate of drug-likeness (QED) is 0.213. The second-order valence-electron chi connectivity index (χ2n) is 11.3. The van der Waals surface area contributed by atoms with Crippen LogP contribution in [0.1, 0.15) is 64.4 Å². The minimum absolute atomic E-state index is 0.241. The van der Waals surface area contributed by atoms with Crippen LogP contribution in [0.15, 0.2) is 77.7 Å². The third-order valence-electron chi connectivity index (χ3n) is 7.78. The van der Waals surface area contributed by atoms with E-state index in [9.17, 15) is 4.79 Å². The summed E-state index contributed by atoms with van der Waals surface area (Å²) in [5, 5.41) is 3.83. The van der Waals surface area contributed by atoms with Crippen molar-refractivity contribution in [3.8, 4) is 16.9 Å². The van der Waals surface area contributed by atoms with Gasteiger partial charge in [-0.05, 0) is 104 Å². The average Bonchev–Trinajstić information content (AvgIpc) is 3.67. The highest BCUT2D eigenvalue weighted by Gasteiger charge is 2.46. The van der Waals surface area contributed by atoms with Crippen molar-refractivity contribution in [3.63, 3.8) is 0 Å². The van der Waals surface area contributed by atoms with Crippen LogP contribution in [0.3, 0.4) is 0 Å². The molecule has 1 saturated carbocycles. The molecule has 0 aromatic heterocycles. The highest BCUT2D eigenvalue weighted by molar-refractivity contribution is 7.97. The molecule has 9 heteroatoms. The molecule has 1 aliphatic carbocycles. The van der Waals surface area contributed by atoms with Crippen LogP contribution in [0.2, 0.25) is 5.02 Å². The lowest BCUT2D eigenvalue weighted by Gasteiger charge is -2.29. The van der Waals surface area contributed by atoms with E-state index < -0.39 is 17.9 Å². The Labute approximate surface area is 277 Å². The van der Waals surface area contributed by atoms with Crippen molar-refractivity contribution in [2.24, 2.45) is 5.92 Å². The van der Waals surface area contributed by atoms with Gasteiger partial charge in [-0.25, -0.2) is 4.72 Å². The van der Waals surface area contributed by atoms with E-state index in [1.165, 1.54) is 89.2 Å². The van der Waals surface area contributed by atoms with E-state index in [1.807, 2.05) is 50.2 Å². The van der Waals surface area contributed by atoms with Crippen LogP contribution in [-0.2, 0) is 10.7 Å². The zero-order chi connectivity index (χ0) is 32.7. The van der Waals surface area contributed by atoms with Crippen LogP contribution in [0, 0.1) is 5.92 Å². The molecule has 2 fully saturated rings. The molecular weight excluding hydrogens is 612 g/mol. The highest BCUT2D eigenvalue weighted by Crippen LogP contribution is 2.36. The van der Waals surface area contributed by atoms with Gasteiger partial charge in [0, 0.05) is 29.6 Å². The third kappa shape index (κ3) is 11.6. The van der Waals surface area contributed by atoms with Crippen LogP contribution >= 0.6 is 23.5 Å². The van der Waals surface area contributed by atoms with Crippen molar-refractivity contribution < 1.29 is 18.3 Å². The molecule has 5 nitrogen and oxygen atoms in total. The molecule has 1 unspecified atom stereocenters. The first-order chi connectivity index (χ1) is 21.7. The van der Waals surface area contributed by atoms with E-state index >= 15 is 8.78 Å². The van der Waals surface area contributed by atoms with Crippen LogP contribution in [0.25, 0.3) is 11.1 Å². The average molecular weight is 660 g/mol. The Morgan fingerprint density at radius 1 is 0.911 bits per heavy atom. The largest absolute Gasteiger partial charge is 0.493 e. The molecule has 3 aromatic rings. The maximum Gasteiger partial charge on any atom is 0.298 e. The molecule has 45 heavy (non-hydrogen) atoms. The third-order valence-corrected chi connectivity index (χ3v) is 8.90. The number of nitrogens with zero attached hydrogens (tertiary/aromatic N) is 1. The Hall–Kier alpha value is -2.65. The van der Waals surface area contributed by atoms with E-state index in [1.54, 1.807) is 24.3 Å². The molecular formula is C36H48ClF2N3O2S. The summed E-state index contributed by atoms with van der Waals surface area (Å²) < 4.78 is 40.1. The monoisotopic (exact) mass is 659 g/mol. The first kappa shape index (κ1) is 36.8. The van der Waals surface area contributed by atoms with Gasteiger partial charge in [0.25, 0.3) is 5.92 Å². The number of benzene rings is 3. The van der Waals surface area contributed by atoms with Gasteiger partial charge in [0.15, 0.2) is 6.04 Å². The van der Waals surface area contributed by atoms with Crippen LogP contribution in [-0.4, -0.2) is 50.6 Å². The van der Waals surface area contributed by atoms with Crippen molar-refractivity contribution in [1.29, 1.82) is 0 Å². The van der Waals surface area contributed by atoms with E-state index in [-0.39, 0.29) is 5.56 Å². The summed E-state index contributed by atoms with van der Waals surface area (Å²) in [6.45, 7) is 7.20. The lowest BCUT2D eigenvalue weighted by molar-refractivity contribution is -0.141. The summed E-state index contributed by atoms with van der Waals surface area (Å²) >= 11 is 6.96. The molecule has 1 saturated heterocycles. The van der Waals surface area contributed by atoms with Crippen molar-refractivity contribution >= 4 is 29.5 Å². The summed E-state index contributed by atoms with van der Waals surface area (Å²) in [5.74, 6) is -2.81. The highest BCUT2D eigenvalue weighted by atomic mass is 35.5. The molecule has 0 spiro atoms. The molecule has 0 bridgehead atoms. The number of alkyl halides is 2.